The lowest BCUT2D eigenvalue weighted by atomic mass is 10.0. The summed E-state index contributed by atoms with van der Waals surface area (Å²) < 4.78 is 5.70. The number of hydrogen-bond donors (Lipinski definition) is 3. The maximum atomic E-state index is 12.7. The molecule has 7 N–H and O–H groups in total. The number of nitrogens with zero attached hydrogens (tertiary/aromatic N) is 2. The maximum Gasteiger partial charge on any atom is 0.326 e. The Bertz CT molecular complexity index is 878. The first-order valence-electron chi connectivity index (χ1n) is 12.6. The van der Waals surface area contributed by atoms with Gasteiger partial charge in [0, 0.05) is 25.5 Å². The van der Waals surface area contributed by atoms with Gasteiger partial charge in [0.2, 0.25) is 5.91 Å². The summed E-state index contributed by atoms with van der Waals surface area (Å²) in [6.07, 6.45) is 2.35. The maximum absolute atomic E-state index is 12.7. The third-order valence-electron chi connectivity index (χ3n) is 5.69. The van der Waals surface area contributed by atoms with Crippen LogP contribution in [0.4, 0.5) is 0 Å². The Balaban J connectivity index is 0. The van der Waals surface area contributed by atoms with Crippen LogP contribution in [0.25, 0.3) is 0 Å². The van der Waals surface area contributed by atoms with Gasteiger partial charge in [-0.1, -0.05) is 30.3 Å². The second kappa shape index (κ2) is 19.0. The van der Waals surface area contributed by atoms with E-state index < -0.39 is 36.0 Å². The topological polar surface area (TPSA) is 211 Å². The minimum Gasteiger partial charge on any atom is -0.550 e. The zero-order chi connectivity index (χ0) is 28.0. The Morgan fingerprint density at radius 3 is 2.28 bits per heavy atom. The molecule has 13 heteroatoms. The van der Waals surface area contributed by atoms with Crippen LogP contribution >= 0.6 is 0 Å². The number of esters is 1. The molecule has 0 aromatic heterocycles. The number of amides is 1. The highest BCUT2D eigenvalue weighted by Gasteiger charge is 2.37. The number of ether oxygens (including phenoxy) is 1. The van der Waals surface area contributed by atoms with E-state index in [0.717, 1.165) is 5.56 Å². The van der Waals surface area contributed by atoms with E-state index in [-0.39, 0.29) is 29.9 Å². The van der Waals surface area contributed by atoms with Gasteiger partial charge in [0.1, 0.15) is 12.1 Å². The summed E-state index contributed by atoms with van der Waals surface area (Å²) in [7, 11) is 5.78. The number of nitrogens with one attached hydrogen (secondary N) is 2. The van der Waals surface area contributed by atoms with Crippen LogP contribution in [0.2, 0.25) is 0 Å². The van der Waals surface area contributed by atoms with Gasteiger partial charge in [-0.15, -0.1) is 0 Å². The van der Waals surface area contributed by atoms with Gasteiger partial charge in [-0.05, 0) is 45.1 Å². The lowest BCUT2D eigenvalue weighted by Crippen LogP contribution is -2.53. The summed E-state index contributed by atoms with van der Waals surface area (Å²) in [6, 6.07) is 7.69. The van der Waals surface area contributed by atoms with E-state index in [4.69, 9.17) is 4.74 Å². The van der Waals surface area contributed by atoms with E-state index in [9.17, 15) is 29.4 Å². The molecule has 1 aromatic rings. The fourth-order valence-corrected chi connectivity index (χ4v) is 3.87. The molecular formula is C26H46N4O9. The van der Waals surface area contributed by atoms with Crippen molar-refractivity contribution in [3.05, 3.63) is 35.9 Å². The van der Waals surface area contributed by atoms with Crippen LogP contribution in [-0.4, -0.2) is 108 Å². The SMILES string of the molecule is CCOC(=O)[C@H](CCc1ccccc1)N[C@@H](C)C(=O)N1CCC[C@H]1C(=O)O.C[N+](C)(C)NCCC(=O)[O-].O.O. The molecule has 39 heavy (non-hydrogen) atoms. The first kappa shape index (κ1) is 38.0. The van der Waals surface area contributed by atoms with Crippen molar-refractivity contribution >= 4 is 23.8 Å². The Hall–Kier alpha value is -3.10. The third kappa shape index (κ3) is 15.2. The van der Waals surface area contributed by atoms with E-state index in [1.54, 1.807) is 13.8 Å². The quantitative estimate of drug-likeness (QED) is 0.143. The van der Waals surface area contributed by atoms with Crippen LogP contribution in [0.15, 0.2) is 30.3 Å². The van der Waals surface area contributed by atoms with Crippen molar-refractivity contribution < 1.29 is 49.7 Å². The first-order valence-corrected chi connectivity index (χ1v) is 12.6. The highest BCUT2D eigenvalue weighted by atomic mass is 16.5. The average molecular weight is 559 g/mol. The molecule has 1 aromatic carbocycles. The third-order valence-corrected chi connectivity index (χ3v) is 5.69. The van der Waals surface area contributed by atoms with Crippen molar-refractivity contribution in [3.63, 3.8) is 0 Å². The zero-order valence-corrected chi connectivity index (χ0v) is 23.6. The summed E-state index contributed by atoms with van der Waals surface area (Å²) in [5.74, 6) is -2.70. The Morgan fingerprint density at radius 2 is 1.77 bits per heavy atom. The molecule has 1 saturated heterocycles. The van der Waals surface area contributed by atoms with Gasteiger partial charge in [0.25, 0.3) is 0 Å². The summed E-state index contributed by atoms with van der Waals surface area (Å²) in [5, 5.41) is 22.3. The van der Waals surface area contributed by atoms with E-state index >= 15 is 0 Å². The fourth-order valence-electron chi connectivity index (χ4n) is 3.87. The van der Waals surface area contributed by atoms with Crippen LogP contribution < -0.4 is 15.8 Å². The lowest BCUT2D eigenvalue weighted by molar-refractivity contribution is -0.915. The minimum absolute atomic E-state index is 0. The fraction of sp³-hybridized carbons (Fsp3) is 0.615. The molecule has 0 spiro atoms. The van der Waals surface area contributed by atoms with Gasteiger partial charge in [0.15, 0.2) is 0 Å². The van der Waals surface area contributed by atoms with Crippen molar-refractivity contribution in [2.24, 2.45) is 0 Å². The Kier molecular flexibility index (Phi) is 18.6. The van der Waals surface area contributed by atoms with Gasteiger partial charge in [0.05, 0.1) is 33.8 Å². The molecule has 1 fully saturated rings. The molecule has 224 valence electrons. The molecule has 1 aliphatic rings. The summed E-state index contributed by atoms with van der Waals surface area (Å²) >= 11 is 0. The van der Waals surface area contributed by atoms with Gasteiger partial charge >= 0.3 is 11.9 Å². The van der Waals surface area contributed by atoms with Crippen LogP contribution in [0, 0.1) is 0 Å². The number of carboxylic acids is 2. The smallest absolute Gasteiger partial charge is 0.326 e. The van der Waals surface area contributed by atoms with Crippen molar-refractivity contribution in [1.82, 2.24) is 15.6 Å². The molecule has 0 unspecified atom stereocenters. The second-order valence-electron chi connectivity index (χ2n) is 9.79. The Morgan fingerprint density at radius 1 is 1.15 bits per heavy atom. The molecule has 0 bridgehead atoms. The molecule has 1 aliphatic heterocycles. The molecule has 2 rings (SSSR count). The van der Waals surface area contributed by atoms with E-state index in [0.29, 0.717) is 43.4 Å². The molecule has 1 amide bonds. The van der Waals surface area contributed by atoms with Gasteiger partial charge in [-0.25, -0.2) is 4.79 Å². The number of likely N-dealkylation sites (tertiary alicyclic amines) is 1. The summed E-state index contributed by atoms with van der Waals surface area (Å²) in [4.78, 5) is 47.7. The van der Waals surface area contributed by atoms with Crippen LogP contribution in [0.5, 0.6) is 0 Å². The molecule has 13 nitrogen and oxygen atoms in total. The number of hydrogen-bond acceptors (Lipinski definition) is 8. The monoisotopic (exact) mass is 558 g/mol. The van der Waals surface area contributed by atoms with Crippen LogP contribution in [0.3, 0.4) is 0 Å². The highest BCUT2D eigenvalue weighted by molar-refractivity contribution is 5.88. The highest BCUT2D eigenvalue weighted by Crippen LogP contribution is 2.19. The second-order valence-corrected chi connectivity index (χ2v) is 9.79. The number of carbonyl (C=O) groups excluding carboxylic acids is 3. The molecular weight excluding hydrogens is 512 g/mol. The van der Waals surface area contributed by atoms with Gasteiger partial charge < -0.3 is 35.6 Å². The number of benzene rings is 1. The molecule has 0 radical (unpaired) electrons. The minimum atomic E-state index is -1.01. The predicted octanol–water partition coefficient (Wildman–Crippen LogP) is -1.71. The van der Waals surface area contributed by atoms with Crippen LogP contribution in [0.1, 0.15) is 45.1 Å². The van der Waals surface area contributed by atoms with Crippen molar-refractivity contribution in [2.75, 3.05) is 40.8 Å². The number of quaternary nitrogens is 1. The number of carbonyl (C=O) groups is 4. The van der Waals surface area contributed by atoms with Gasteiger partial charge in [-0.2, -0.15) is 5.43 Å². The predicted molar refractivity (Wildman–Crippen MR) is 143 cm³/mol. The number of aliphatic carboxylic acids is 2. The lowest BCUT2D eigenvalue weighted by Gasteiger charge is -2.27. The zero-order valence-electron chi connectivity index (χ0n) is 23.6. The standard InChI is InChI=1S/C20H28N2O5.C6H14N2O2.2H2O/c1-3-27-20(26)16(12-11-15-8-5-4-6-9-15)21-14(2)18(23)22-13-7-10-17(22)19(24)25;1-8(2,3)7-5-4-6(9)10;;/h4-6,8-9,14,16-17,21H,3,7,10-13H2,1-2H3,(H,24,25);7H,4-5H2,1-3H3;2*1H2/t14-,16-,17-;;;/m0.../s1. The van der Waals surface area contributed by atoms with Crippen molar-refractivity contribution in [3.8, 4) is 0 Å². The number of aryl methyl sites for hydroxylation is 1. The molecule has 0 saturated carbocycles. The van der Waals surface area contributed by atoms with Crippen molar-refractivity contribution in [2.45, 2.75) is 64.1 Å². The normalized spacial score (nSPS) is 15.9. The summed E-state index contributed by atoms with van der Waals surface area (Å²) in [5.41, 5.74) is 4.07. The van der Waals surface area contributed by atoms with Gasteiger partial charge in [-0.3, -0.25) is 19.5 Å². The molecule has 1 heterocycles. The average Bonchev–Trinajstić information content (AvgIpc) is 3.31. The van der Waals surface area contributed by atoms with Crippen LogP contribution in [-0.2, 0) is 30.3 Å². The Labute approximate surface area is 230 Å². The molecule has 0 aliphatic carbocycles. The van der Waals surface area contributed by atoms with Crippen molar-refractivity contribution in [1.29, 1.82) is 0 Å². The largest absolute Gasteiger partial charge is 0.550 e. The van der Waals surface area contributed by atoms with E-state index in [1.807, 2.05) is 51.5 Å². The number of carboxylic acid groups (broad SMARTS) is 2. The summed E-state index contributed by atoms with van der Waals surface area (Å²) in [6.45, 7) is 4.54. The molecule has 3 atom stereocenters. The van der Waals surface area contributed by atoms with E-state index in [2.05, 4.69) is 10.7 Å². The number of rotatable bonds is 13. The van der Waals surface area contributed by atoms with E-state index in [1.165, 1.54) is 4.90 Å². The first-order chi connectivity index (χ1) is 17.4.